The minimum atomic E-state index is -0.431. The topological polar surface area (TPSA) is 0 Å². The Bertz CT molecular complexity index is 2400. The van der Waals surface area contributed by atoms with Gasteiger partial charge in [-0.25, -0.2) is 0 Å². The van der Waals surface area contributed by atoms with Gasteiger partial charge in [0.05, 0.1) is 5.41 Å². The van der Waals surface area contributed by atoms with Crippen molar-refractivity contribution in [2.75, 3.05) is 0 Å². The van der Waals surface area contributed by atoms with E-state index in [1.807, 2.05) is 0 Å². The van der Waals surface area contributed by atoms with Crippen LogP contribution >= 0.6 is 0 Å². The van der Waals surface area contributed by atoms with E-state index in [-0.39, 0.29) is 5.41 Å². The molecule has 7 aromatic rings. The van der Waals surface area contributed by atoms with Crippen LogP contribution in [0.3, 0.4) is 0 Å². The molecule has 0 saturated heterocycles. The van der Waals surface area contributed by atoms with Crippen molar-refractivity contribution in [1.82, 2.24) is 0 Å². The molecule has 0 saturated carbocycles. The molecule has 0 aromatic heterocycles. The summed E-state index contributed by atoms with van der Waals surface area (Å²) in [4.78, 5) is 0. The number of fused-ring (bicyclic) bond motifs is 8. The highest BCUT2D eigenvalue weighted by Gasteiger charge is 2.46. The maximum atomic E-state index is 2.52. The van der Waals surface area contributed by atoms with Crippen molar-refractivity contribution < 1.29 is 0 Å². The predicted molar refractivity (Wildman–Crippen MR) is 198 cm³/mol. The number of benzene rings is 7. The van der Waals surface area contributed by atoms with Gasteiger partial charge >= 0.3 is 0 Å². The number of hydrogen-bond acceptors (Lipinski definition) is 0. The van der Waals surface area contributed by atoms with Gasteiger partial charge in [0.25, 0.3) is 0 Å². The van der Waals surface area contributed by atoms with Crippen molar-refractivity contribution in [2.45, 2.75) is 45.4 Å². The zero-order chi connectivity index (χ0) is 32.1. The van der Waals surface area contributed by atoms with E-state index in [0.29, 0.717) is 0 Å². The summed E-state index contributed by atoms with van der Waals surface area (Å²) in [5.41, 5.74) is 19.6. The quantitative estimate of drug-likeness (QED) is 0.189. The smallest absolute Gasteiger partial charge is 0.0619 e. The summed E-state index contributed by atoms with van der Waals surface area (Å²) < 4.78 is 0. The van der Waals surface area contributed by atoms with Crippen molar-refractivity contribution >= 4 is 10.8 Å². The third-order valence-corrected chi connectivity index (χ3v) is 11.2. The molecule has 226 valence electrons. The van der Waals surface area contributed by atoms with Gasteiger partial charge in [0.15, 0.2) is 0 Å². The van der Waals surface area contributed by atoms with Crippen LogP contribution in [0.2, 0.25) is 0 Å². The molecule has 47 heavy (non-hydrogen) atoms. The summed E-state index contributed by atoms with van der Waals surface area (Å²) in [6.07, 6.45) is 0. The summed E-state index contributed by atoms with van der Waals surface area (Å²) in [6, 6.07) is 53.1. The monoisotopic (exact) mass is 602 g/mol. The molecular formula is C47H38. The van der Waals surface area contributed by atoms with Crippen LogP contribution < -0.4 is 0 Å². The highest BCUT2D eigenvalue weighted by molar-refractivity contribution is 6.02. The molecule has 0 bridgehead atoms. The molecule has 1 unspecified atom stereocenters. The average molecular weight is 603 g/mol. The van der Waals surface area contributed by atoms with E-state index in [0.717, 1.165) is 0 Å². The molecule has 0 amide bonds. The third kappa shape index (κ3) is 3.76. The van der Waals surface area contributed by atoms with Crippen LogP contribution in [0.4, 0.5) is 0 Å². The number of hydrogen-bond donors (Lipinski definition) is 0. The van der Waals surface area contributed by atoms with Crippen molar-refractivity contribution in [1.29, 1.82) is 0 Å². The lowest BCUT2D eigenvalue weighted by Crippen LogP contribution is -2.28. The normalized spacial score (nSPS) is 16.9. The van der Waals surface area contributed by atoms with E-state index in [1.54, 1.807) is 0 Å². The Morgan fingerprint density at radius 1 is 0.426 bits per heavy atom. The molecule has 7 aromatic carbocycles. The van der Waals surface area contributed by atoms with Crippen LogP contribution in [-0.4, -0.2) is 0 Å². The Morgan fingerprint density at radius 2 is 1.09 bits per heavy atom. The first kappa shape index (κ1) is 28.1. The molecule has 0 spiro atoms. The lowest BCUT2D eigenvalue weighted by Gasteiger charge is -2.35. The van der Waals surface area contributed by atoms with Crippen molar-refractivity contribution in [3.8, 4) is 33.4 Å². The molecule has 0 nitrogen and oxygen atoms in total. The second-order valence-corrected chi connectivity index (χ2v) is 14.3. The van der Waals surface area contributed by atoms with Crippen LogP contribution in [0.5, 0.6) is 0 Å². The summed E-state index contributed by atoms with van der Waals surface area (Å²) in [5.74, 6) is 0. The first-order chi connectivity index (χ1) is 22.8. The lowest BCUT2D eigenvalue weighted by molar-refractivity contribution is 0.666. The first-order valence-electron chi connectivity index (χ1n) is 16.9. The zero-order valence-corrected chi connectivity index (χ0v) is 27.8. The van der Waals surface area contributed by atoms with Gasteiger partial charge < -0.3 is 0 Å². The molecular weight excluding hydrogens is 565 g/mol. The molecule has 2 aliphatic carbocycles. The molecule has 2 aliphatic rings. The van der Waals surface area contributed by atoms with E-state index in [4.69, 9.17) is 0 Å². The lowest BCUT2D eigenvalue weighted by atomic mass is 9.67. The minimum Gasteiger partial charge on any atom is -0.0619 e. The fourth-order valence-corrected chi connectivity index (χ4v) is 9.01. The maximum Gasteiger partial charge on any atom is 0.0713 e. The van der Waals surface area contributed by atoms with E-state index in [9.17, 15) is 0 Å². The second-order valence-electron chi connectivity index (χ2n) is 14.3. The van der Waals surface area contributed by atoms with Crippen LogP contribution in [0.15, 0.2) is 140 Å². The number of aryl methyl sites for hydroxylation is 3. The van der Waals surface area contributed by atoms with Crippen LogP contribution in [0, 0.1) is 20.8 Å². The molecule has 0 radical (unpaired) electrons. The van der Waals surface area contributed by atoms with Gasteiger partial charge in [0, 0.05) is 5.41 Å². The fourth-order valence-electron chi connectivity index (χ4n) is 9.01. The Kier molecular flexibility index (Phi) is 5.91. The molecule has 0 heterocycles. The Morgan fingerprint density at radius 3 is 1.94 bits per heavy atom. The van der Waals surface area contributed by atoms with E-state index in [1.165, 1.54) is 94.2 Å². The van der Waals surface area contributed by atoms with E-state index >= 15 is 0 Å². The third-order valence-electron chi connectivity index (χ3n) is 11.2. The molecule has 1 atom stereocenters. The summed E-state index contributed by atoms with van der Waals surface area (Å²) in [7, 11) is 0. The van der Waals surface area contributed by atoms with Crippen LogP contribution in [0.25, 0.3) is 44.2 Å². The fraction of sp³-hybridized carbons (Fsp3) is 0.149. The van der Waals surface area contributed by atoms with Crippen LogP contribution in [0.1, 0.15) is 63.9 Å². The summed E-state index contributed by atoms with van der Waals surface area (Å²) in [5, 5.41) is 2.66. The van der Waals surface area contributed by atoms with Gasteiger partial charge in [0.2, 0.25) is 0 Å². The van der Waals surface area contributed by atoms with Gasteiger partial charge in [-0.05, 0) is 110 Å². The molecule has 0 heteroatoms. The Balaban J connectivity index is 1.36. The van der Waals surface area contributed by atoms with Crippen molar-refractivity contribution in [3.05, 3.63) is 190 Å². The largest absolute Gasteiger partial charge is 0.0713 e. The molecule has 0 aliphatic heterocycles. The highest BCUT2D eigenvalue weighted by atomic mass is 14.5. The minimum absolute atomic E-state index is 0.100. The van der Waals surface area contributed by atoms with E-state index in [2.05, 4.69) is 174 Å². The van der Waals surface area contributed by atoms with Crippen molar-refractivity contribution in [3.63, 3.8) is 0 Å². The van der Waals surface area contributed by atoms with Gasteiger partial charge in [-0.2, -0.15) is 0 Å². The standard InChI is InChI=1S/C47H38/c1-29-17-22-33(23-18-29)47(41-15-9-8-13-36(41)37-25-19-30(2)27-43(37)47)34-24-20-31(3)40(28-34)38-14-10-16-42-44(38)39-26-21-32-11-6-7-12-35(32)45(39)46(42,4)5/h6-28H,1-5H3. The molecule has 0 fully saturated rings. The zero-order valence-electron chi connectivity index (χ0n) is 27.8. The van der Waals surface area contributed by atoms with E-state index < -0.39 is 5.41 Å². The van der Waals surface area contributed by atoms with Crippen molar-refractivity contribution in [2.24, 2.45) is 0 Å². The summed E-state index contributed by atoms with van der Waals surface area (Å²) >= 11 is 0. The second kappa shape index (κ2) is 9.90. The first-order valence-corrected chi connectivity index (χ1v) is 16.9. The predicted octanol–water partition coefficient (Wildman–Crippen LogP) is 12.1. The summed E-state index contributed by atoms with van der Waals surface area (Å²) in [6.45, 7) is 11.5. The SMILES string of the molecule is Cc1ccc(C2(c3ccc(C)c(-c4cccc5c4-c4ccc6ccccc6c4C5(C)C)c3)c3ccccc3-c3ccc(C)cc32)cc1. The van der Waals surface area contributed by atoms with Gasteiger partial charge in [-0.1, -0.05) is 158 Å². The highest BCUT2D eigenvalue weighted by Crippen LogP contribution is 2.58. The van der Waals surface area contributed by atoms with Gasteiger partial charge in [-0.3, -0.25) is 0 Å². The number of rotatable bonds is 3. The maximum absolute atomic E-state index is 2.52. The molecule has 9 rings (SSSR count). The van der Waals surface area contributed by atoms with Crippen LogP contribution in [-0.2, 0) is 10.8 Å². The van der Waals surface area contributed by atoms with Gasteiger partial charge in [-0.15, -0.1) is 0 Å². The Hall–Kier alpha value is -5.20. The van der Waals surface area contributed by atoms with Gasteiger partial charge in [0.1, 0.15) is 0 Å². The molecule has 0 N–H and O–H groups in total. The Labute approximate surface area is 278 Å². The average Bonchev–Trinajstić information content (AvgIpc) is 3.51.